The van der Waals surface area contributed by atoms with Crippen LogP contribution in [-0.2, 0) is 0 Å². The number of nitrogens with zero attached hydrogens (tertiary/aromatic N) is 3. The van der Waals surface area contributed by atoms with Crippen LogP contribution in [0.5, 0.6) is 0 Å². The first-order valence-electron chi connectivity index (χ1n) is 5.20. The van der Waals surface area contributed by atoms with Gasteiger partial charge in [-0.1, -0.05) is 29.8 Å². The average Bonchev–Trinajstić information content (AvgIpc) is 2.73. The van der Waals surface area contributed by atoms with E-state index >= 15 is 0 Å². The number of hydrogen-bond donors (Lipinski definition) is 0. The zero-order chi connectivity index (χ0) is 11.0. The minimum Gasteiger partial charge on any atom is -0.227 e. The fourth-order valence-corrected chi connectivity index (χ4v) is 1.69. The van der Waals surface area contributed by atoms with Crippen molar-refractivity contribution < 1.29 is 0 Å². The summed E-state index contributed by atoms with van der Waals surface area (Å²) in [5, 5.41) is 4.20. The molecule has 0 aliphatic rings. The maximum absolute atomic E-state index is 4.51. The molecule has 3 rings (SSSR count). The predicted molar refractivity (Wildman–Crippen MR) is 63.2 cm³/mol. The standard InChI is InChI=1S/C13H11N3/c1-10-4-6-11(7-5-10)12-9-16-13(15-12)3-2-8-14-16/h2-9H,1H3. The molecule has 0 unspecified atom stereocenters. The Morgan fingerprint density at radius 2 is 1.88 bits per heavy atom. The van der Waals surface area contributed by atoms with Crippen LogP contribution in [0, 0.1) is 6.92 Å². The third kappa shape index (κ3) is 1.46. The van der Waals surface area contributed by atoms with Gasteiger partial charge in [-0.25, -0.2) is 9.50 Å². The van der Waals surface area contributed by atoms with Gasteiger partial charge in [0.25, 0.3) is 0 Å². The molecule has 0 amide bonds. The monoisotopic (exact) mass is 209 g/mol. The zero-order valence-electron chi connectivity index (χ0n) is 8.96. The van der Waals surface area contributed by atoms with E-state index in [4.69, 9.17) is 0 Å². The van der Waals surface area contributed by atoms with Crippen molar-refractivity contribution in [1.29, 1.82) is 0 Å². The minimum absolute atomic E-state index is 0.873. The highest BCUT2D eigenvalue weighted by Gasteiger charge is 2.03. The molecule has 2 heterocycles. The molecule has 3 nitrogen and oxygen atoms in total. The SMILES string of the molecule is Cc1ccc(-c2cn3ncccc3n2)cc1. The molecular weight excluding hydrogens is 198 g/mol. The van der Waals surface area contributed by atoms with Gasteiger partial charge < -0.3 is 0 Å². The van der Waals surface area contributed by atoms with Crippen molar-refractivity contribution in [2.75, 3.05) is 0 Å². The molecule has 0 aliphatic carbocycles. The summed E-state index contributed by atoms with van der Waals surface area (Å²) in [5.41, 5.74) is 4.21. The van der Waals surface area contributed by atoms with E-state index in [-0.39, 0.29) is 0 Å². The number of aryl methyl sites for hydroxylation is 1. The Kier molecular flexibility index (Phi) is 1.96. The normalized spacial score (nSPS) is 10.8. The lowest BCUT2D eigenvalue weighted by molar-refractivity contribution is 0.936. The van der Waals surface area contributed by atoms with Gasteiger partial charge in [0.15, 0.2) is 5.65 Å². The molecule has 3 aromatic rings. The molecule has 0 spiro atoms. The van der Waals surface area contributed by atoms with Crippen molar-refractivity contribution in [2.24, 2.45) is 0 Å². The Hall–Kier alpha value is -2.16. The van der Waals surface area contributed by atoms with Crippen LogP contribution in [0.2, 0.25) is 0 Å². The van der Waals surface area contributed by atoms with Gasteiger partial charge in [-0.15, -0.1) is 0 Å². The van der Waals surface area contributed by atoms with Crippen molar-refractivity contribution >= 4 is 5.65 Å². The number of fused-ring (bicyclic) bond motifs is 1. The summed E-state index contributed by atoms with van der Waals surface area (Å²) in [6, 6.07) is 12.2. The van der Waals surface area contributed by atoms with E-state index in [2.05, 4.69) is 41.3 Å². The second-order valence-electron chi connectivity index (χ2n) is 3.82. The molecule has 16 heavy (non-hydrogen) atoms. The molecule has 0 aliphatic heterocycles. The van der Waals surface area contributed by atoms with Crippen LogP contribution < -0.4 is 0 Å². The van der Waals surface area contributed by atoms with E-state index in [1.54, 1.807) is 10.7 Å². The van der Waals surface area contributed by atoms with Crippen LogP contribution in [0.4, 0.5) is 0 Å². The highest BCUT2D eigenvalue weighted by Crippen LogP contribution is 2.18. The van der Waals surface area contributed by atoms with Gasteiger partial charge in [-0.05, 0) is 19.1 Å². The third-order valence-corrected chi connectivity index (χ3v) is 2.58. The molecule has 3 heteroatoms. The Morgan fingerprint density at radius 3 is 2.62 bits per heavy atom. The van der Waals surface area contributed by atoms with Crippen LogP contribution in [0.3, 0.4) is 0 Å². The van der Waals surface area contributed by atoms with Gasteiger partial charge in [0, 0.05) is 11.8 Å². The molecule has 0 bridgehead atoms. The van der Waals surface area contributed by atoms with Crippen LogP contribution in [0.25, 0.3) is 16.9 Å². The van der Waals surface area contributed by atoms with Crippen LogP contribution >= 0.6 is 0 Å². The smallest absolute Gasteiger partial charge is 0.154 e. The molecule has 1 aromatic carbocycles. The highest BCUT2D eigenvalue weighted by atomic mass is 15.2. The lowest BCUT2D eigenvalue weighted by Crippen LogP contribution is -1.85. The fraction of sp³-hybridized carbons (Fsp3) is 0.0769. The zero-order valence-corrected chi connectivity index (χ0v) is 8.96. The van der Waals surface area contributed by atoms with Crippen LogP contribution in [0.15, 0.2) is 48.8 Å². The van der Waals surface area contributed by atoms with Crippen molar-refractivity contribution in [2.45, 2.75) is 6.92 Å². The van der Waals surface area contributed by atoms with Crippen LogP contribution in [-0.4, -0.2) is 14.6 Å². The second-order valence-corrected chi connectivity index (χ2v) is 3.82. The van der Waals surface area contributed by atoms with E-state index in [1.807, 2.05) is 18.3 Å². The topological polar surface area (TPSA) is 30.2 Å². The van der Waals surface area contributed by atoms with Gasteiger partial charge in [0.1, 0.15) is 0 Å². The molecule has 0 fully saturated rings. The molecule has 0 saturated heterocycles. The van der Waals surface area contributed by atoms with E-state index < -0.39 is 0 Å². The number of hydrogen-bond acceptors (Lipinski definition) is 2. The van der Waals surface area contributed by atoms with Gasteiger partial charge in [-0.3, -0.25) is 0 Å². The first-order valence-corrected chi connectivity index (χ1v) is 5.20. The Bertz CT molecular complexity index is 590. The molecule has 78 valence electrons. The average molecular weight is 209 g/mol. The first kappa shape index (κ1) is 9.09. The number of aromatic nitrogens is 3. The molecule has 0 radical (unpaired) electrons. The summed E-state index contributed by atoms with van der Waals surface area (Å²) in [7, 11) is 0. The van der Waals surface area contributed by atoms with Gasteiger partial charge in [-0.2, -0.15) is 5.10 Å². The van der Waals surface area contributed by atoms with Crippen molar-refractivity contribution in [3.63, 3.8) is 0 Å². The maximum atomic E-state index is 4.51. The predicted octanol–water partition coefficient (Wildman–Crippen LogP) is 2.70. The second kappa shape index (κ2) is 3.45. The number of benzene rings is 1. The summed E-state index contributed by atoms with van der Waals surface area (Å²) >= 11 is 0. The summed E-state index contributed by atoms with van der Waals surface area (Å²) in [6.07, 6.45) is 3.70. The molecule has 0 N–H and O–H groups in total. The minimum atomic E-state index is 0.873. The maximum Gasteiger partial charge on any atom is 0.154 e. The van der Waals surface area contributed by atoms with Crippen LogP contribution in [0.1, 0.15) is 5.56 Å². The van der Waals surface area contributed by atoms with Gasteiger partial charge in [0.05, 0.1) is 11.9 Å². The summed E-state index contributed by atoms with van der Waals surface area (Å²) in [5.74, 6) is 0. The van der Waals surface area contributed by atoms with E-state index in [0.717, 1.165) is 16.9 Å². The third-order valence-electron chi connectivity index (χ3n) is 2.58. The molecule has 0 saturated carbocycles. The quantitative estimate of drug-likeness (QED) is 0.616. The number of rotatable bonds is 1. The first-order chi connectivity index (χ1) is 7.83. The molecule has 2 aromatic heterocycles. The lowest BCUT2D eigenvalue weighted by atomic mass is 10.1. The van der Waals surface area contributed by atoms with Gasteiger partial charge in [0.2, 0.25) is 0 Å². The summed E-state index contributed by atoms with van der Waals surface area (Å²) < 4.78 is 1.79. The van der Waals surface area contributed by atoms with E-state index in [0.29, 0.717) is 0 Å². The lowest BCUT2D eigenvalue weighted by Gasteiger charge is -1.95. The Morgan fingerprint density at radius 1 is 1.06 bits per heavy atom. The van der Waals surface area contributed by atoms with Gasteiger partial charge >= 0.3 is 0 Å². The summed E-state index contributed by atoms with van der Waals surface area (Å²) in [4.78, 5) is 4.51. The van der Waals surface area contributed by atoms with Crippen molar-refractivity contribution in [1.82, 2.24) is 14.6 Å². The van der Waals surface area contributed by atoms with Crippen molar-refractivity contribution in [3.8, 4) is 11.3 Å². The number of imidazole rings is 1. The Labute approximate surface area is 93.4 Å². The fourth-order valence-electron chi connectivity index (χ4n) is 1.69. The van der Waals surface area contributed by atoms with Crippen molar-refractivity contribution in [3.05, 3.63) is 54.4 Å². The highest BCUT2D eigenvalue weighted by molar-refractivity contribution is 5.62. The molecular formula is C13H11N3. The largest absolute Gasteiger partial charge is 0.227 e. The Balaban J connectivity index is 2.15. The molecule has 0 atom stereocenters. The summed E-state index contributed by atoms with van der Waals surface area (Å²) in [6.45, 7) is 2.08. The van der Waals surface area contributed by atoms with E-state index in [9.17, 15) is 0 Å². The van der Waals surface area contributed by atoms with E-state index in [1.165, 1.54) is 5.56 Å².